The molecule has 0 saturated heterocycles. The topological polar surface area (TPSA) is 92.5 Å². The van der Waals surface area contributed by atoms with E-state index in [9.17, 15) is 13.2 Å². The van der Waals surface area contributed by atoms with Gasteiger partial charge in [-0.2, -0.15) is 0 Å². The van der Waals surface area contributed by atoms with E-state index in [-0.39, 0.29) is 11.7 Å². The standard InChI is InChI=1S/C19H23N3O3S/c1-2-13-26(24,25)21-15-10-8-14(9-11-15)19(23)22-12-4-5-16-17(20)6-3-7-18(16)22/h3,6-11,21H,2,4-5,12-13,20H2,1H3. The molecule has 0 saturated carbocycles. The third-order valence-corrected chi connectivity index (χ3v) is 5.90. The highest BCUT2D eigenvalue weighted by molar-refractivity contribution is 7.92. The van der Waals surface area contributed by atoms with Crippen molar-refractivity contribution in [2.75, 3.05) is 27.7 Å². The van der Waals surface area contributed by atoms with Crippen molar-refractivity contribution in [1.29, 1.82) is 0 Å². The molecule has 0 atom stereocenters. The van der Waals surface area contributed by atoms with Gasteiger partial charge in [-0.25, -0.2) is 8.42 Å². The van der Waals surface area contributed by atoms with Crippen LogP contribution in [-0.4, -0.2) is 26.6 Å². The number of benzene rings is 2. The van der Waals surface area contributed by atoms with Crippen molar-refractivity contribution in [1.82, 2.24) is 0 Å². The van der Waals surface area contributed by atoms with Crippen LogP contribution in [0, 0.1) is 0 Å². The van der Waals surface area contributed by atoms with Gasteiger partial charge in [0, 0.05) is 29.2 Å². The minimum Gasteiger partial charge on any atom is -0.398 e. The Hall–Kier alpha value is -2.54. The highest BCUT2D eigenvalue weighted by Crippen LogP contribution is 2.32. The zero-order chi connectivity index (χ0) is 18.7. The van der Waals surface area contributed by atoms with Crippen molar-refractivity contribution in [2.24, 2.45) is 0 Å². The number of carbonyl (C=O) groups is 1. The van der Waals surface area contributed by atoms with Gasteiger partial charge < -0.3 is 10.6 Å². The third kappa shape index (κ3) is 3.83. The maximum Gasteiger partial charge on any atom is 0.258 e. The zero-order valence-electron chi connectivity index (χ0n) is 14.7. The molecule has 138 valence electrons. The second-order valence-corrected chi connectivity index (χ2v) is 8.25. The molecule has 2 aromatic rings. The summed E-state index contributed by atoms with van der Waals surface area (Å²) in [6.07, 6.45) is 2.27. The van der Waals surface area contributed by atoms with Crippen LogP contribution in [0.25, 0.3) is 0 Å². The van der Waals surface area contributed by atoms with Crippen molar-refractivity contribution in [3.05, 3.63) is 53.6 Å². The summed E-state index contributed by atoms with van der Waals surface area (Å²) in [7, 11) is -3.34. The third-order valence-electron chi connectivity index (χ3n) is 4.41. The second-order valence-electron chi connectivity index (χ2n) is 6.40. The Bertz CT molecular complexity index is 908. The van der Waals surface area contributed by atoms with Crippen molar-refractivity contribution < 1.29 is 13.2 Å². The average molecular weight is 373 g/mol. The van der Waals surface area contributed by atoms with E-state index in [0.29, 0.717) is 29.9 Å². The molecule has 7 heteroatoms. The zero-order valence-corrected chi connectivity index (χ0v) is 15.6. The number of amides is 1. The number of rotatable bonds is 5. The summed E-state index contributed by atoms with van der Waals surface area (Å²) < 4.78 is 26.2. The maximum atomic E-state index is 12.9. The first-order valence-corrected chi connectivity index (χ1v) is 10.4. The Labute approximate surface area is 154 Å². The van der Waals surface area contributed by atoms with Crippen LogP contribution in [0.3, 0.4) is 0 Å². The lowest BCUT2D eigenvalue weighted by atomic mass is 9.99. The van der Waals surface area contributed by atoms with Gasteiger partial charge in [0.1, 0.15) is 0 Å². The van der Waals surface area contributed by atoms with Gasteiger partial charge in [0.15, 0.2) is 0 Å². The van der Waals surface area contributed by atoms with Gasteiger partial charge in [-0.1, -0.05) is 13.0 Å². The van der Waals surface area contributed by atoms with Crippen LogP contribution in [0.1, 0.15) is 35.7 Å². The van der Waals surface area contributed by atoms with E-state index in [1.54, 1.807) is 29.2 Å². The van der Waals surface area contributed by atoms with Crippen LogP contribution in [0.15, 0.2) is 42.5 Å². The molecule has 2 aromatic carbocycles. The van der Waals surface area contributed by atoms with Crippen LogP contribution >= 0.6 is 0 Å². The Morgan fingerprint density at radius 3 is 2.62 bits per heavy atom. The van der Waals surface area contributed by atoms with Gasteiger partial charge in [-0.05, 0) is 61.2 Å². The van der Waals surface area contributed by atoms with E-state index in [0.717, 1.165) is 24.1 Å². The van der Waals surface area contributed by atoms with Gasteiger partial charge >= 0.3 is 0 Å². The molecule has 1 aliphatic heterocycles. The molecule has 1 amide bonds. The quantitative estimate of drug-likeness (QED) is 0.788. The van der Waals surface area contributed by atoms with E-state index in [1.165, 1.54) is 0 Å². The summed E-state index contributed by atoms with van der Waals surface area (Å²) in [5.41, 5.74) is 9.59. The van der Waals surface area contributed by atoms with Gasteiger partial charge in [0.05, 0.1) is 5.75 Å². The smallest absolute Gasteiger partial charge is 0.258 e. The van der Waals surface area contributed by atoms with Gasteiger partial charge in [0.2, 0.25) is 10.0 Å². The number of nitrogens with one attached hydrogen (secondary N) is 1. The number of carbonyl (C=O) groups excluding carboxylic acids is 1. The molecular formula is C19H23N3O3S. The first-order valence-electron chi connectivity index (χ1n) is 8.71. The van der Waals surface area contributed by atoms with E-state index < -0.39 is 10.0 Å². The highest BCUT2D eigenvalue weighted by atomic mass is 32.2. The minimum atomic E-state index is -3.34. The number of anilines is 3. The average Bonchev–Trinajstić information content (AvgIpc) is 2.61. The van der Waals surface area contributed by atoms with Crippen molar-refractivity contribution in [2.45, 2.75) is 26.2 Å². The molecule has 3 N–H and O–H groups in total. The van der Waals surface area contributed by atoms with Crippen LogP contribution in [0.2, 0.25) is 0 Å². The van der Waals surface area contributed by atoms with E-state index in [4.69, 9.17) is 5.73 Å². The summed E-state index contributed by atoms with van der Waals surface area (Å²) in [5.74, 6) is -0.0424. The fraction of sp³-hybridized carbons (Fsp3) is 0.316. The number of nitrogens with zero attached hydrogens (tertiary/aromatic N) is 1. The number of hydrogen-bond acceptors (Lipinski definition) is 4. The first-order chi connectivity index (χ1) is 12.4. The van der Waals surface area contributed by atoms with Gasteiger partial charge in [-0.3, -0.25) is 9.52 Å². The lowest BCUT2D eigenvalue weighted by Gasteiger charge is -2.30. The van der Waals surface area contributed by atoms with E-state index >= 15 is 0 Å². The highest BCUT2D eigenvalue weighted by Gasteiger charge is 2.24. The molecule has 0 bridgehead atoms. The lowest BCUT2D eigenvalue weighted by molar-refractivity contribution is 0.0985. The fourth-order valence-corrected chi connectivity index (χ4v) is 4.33. The van der Waals surface area contributed by atoms with E-state index in [2.05, 4.69) is 4.72 Å². The molecule has 3 rings (SSSR count). The van der Waals surface area contributed by atoms with E-state index in [1.807, 2.05) is 25.1 Å². The molecular weight excluding hydrogens is 350 g/mol. The SMILES string of the molecule is CCCS(=O)(=O)Nc1ccc(C(=O)N2CCCc3c(N)cccc32)cc1. The molecule has 0 radical (unpaired) electrons. The monoisotopic (exact) mass is 373 g/mol. The summed E-state index contributed by atoms with van der Waals surface area (Å²) >= 11 is 0. The van der Waals surface area contributed by atoms with Crippen molar-refractivity contribution in [3.63, 3.8) is 0 Å². The van der Waals surface area contributed by atoms with Crippen molar-refractivity contribution in [3.8, 4) is 0 Å². The summed E-state index contributed by atoms with van der Waals surface area (Å²) in [6, 6.07) is 12.1. The van der Waals surface area contributed by atoms with Gasteiger partial charge in [0.25, 0.3) is 5.91 Å². The largest absolute Gasteiger partial charge is 0.398 e. The molecule has 0 fully saturated rings. The molecule has 0 unspecified atom stereocenters. The number of nitrogens with two attached hydrogens (primary N) is 1. The summed E-state index contributed by atoms with van der Waals surface area (Å²) in [5, 5.41) is 0. The molecule has 0 aromatic heterocycles. The van der Waals surface area contributed by atoms with Crippen LogP contribution in [0.4, 0.5) is 17.1 Å². The Kier molecular flexibility index (Phi) is 5.18. The van der Waals surface area contributed by atoms with Gasteiger partial charge in [-0.15, -0.1) is 0 Å². The molecule has 0 aliphatic carbocycles. The Morgan fingerprint density at radius 1 is 1.19 bits per heavy atom. The number of fused-ring (bicyclic) bond motifs is 1. The molecule has 6 nitrogen and oxygen atoms in total. The predicted molar refractivity (Wildman–Crippen MR) is 105 cm³/mol. The van der Waals surface area contributed by atoms with Crippen LogP contribution in [0.5, 0.6) is 0 Å². The fourth-order valence-electron chi connectivity index (χ4n) is 3.20. The van der Waals surface area contributed by atoms with Crippen LogP contribution in [-0.2, 0) is 16.4 Å². The number of nitrogen functional groups attached to an aromatic ring is 1. The second kappa shape index (κ2) is 7.37. The molecule has 0 spiro atoms. The molecule has 26 heavy (non-hydrogen) atoms. The Morgan fingerprint density at radius 2 is 1.92 bits per heavy atom. The Balaban J connectivity index is 1.81. The van der Waals surface area contributed by atoms with Crippen molar-refractivity contribution >= 4 is 33.0 Å². The molecule has 1 aliphatic rings. The normalized spacial score (nSPS) is 14.0. The minimum absolute atomic E-state index is 0.0691. The summed E-state index contributed by atoms with van der Waals surface area (Å²) in [6.45, 7) is 2.45. The molecule has 1 heterocycles. The number of sulfonamides is 1. The van der Waals surface area contributed by atoms with Crippen LogP contribution < -0.4 is 15.4 Å². The predicted octanol–water partition coefficient (Wildman–Crippen LogP) is 3.01. The summed E-state index contributed by atoms with van der Waals surface area (Å²) in [4.78, 5) is 14.7. The number of hydrogen-bond donors (Lipinski definition) is 2. The maximum absolute atomic E-state index is 12.9. The lowest BCUT2D eigenvalue weighted by Crippen LogP contribution is -2.35. The first kappa shape index (κ1) is 18.3.